The van der Waals surface area contributed by atoms with Gasteiger partial charge in [-0.3, -0.25) is 0 Å². The van der Waals surface area contributed by atoms with Gasteiger partial charge < -0.3 is 4.98 Å². The van der Waals surface area contributed by atoms with Crippen LogP contribution in [-0.2, 0) is 6.42 Å². The molecule has 0 unspecified atom stereocenters. The molecular formula is C10H17IN2. The van der Waals surface area contributed by atoms with Gasteiger partial charge in [0.15, 0.2) is 0 Å². The summed E-state index contributed by atoms with van der Waals surface area (Å²) in [6.07, 6.45) is 6.43. The predicted molar refractivity (Wildman–Crippen MR) is 63.9 cm³/mol. The zero-order chi connectivity index (χ0) is 9.68. The van der Waals surface area contributed by atoms with E-state index in [2.05, 4.69) is 39.5 Å². The van der Waals surface area contributed by atoms with Crippen LogP contribution in [0.4, 0.5) is 0 Å². The Bertz CT molecular complexity index is 255. The van der Waals surface area contributed by atoms with Gasteiger partial charge in [-0.15, -0.1) is 0 Å². The molecule has 3 heteroatoms. The first-order chi connectivity index (χ1) is 6.24. The van der Waals surface area contributed by atoms with Gasteiger partial charge in [-0.2, -0.15) is 0 Å². The van der Waals surface area contributed by atoms with Gasteiger partial charge in [-0.1, -0.05) is 26.2 Å². The summed E-state index contributed by atoms with van der Waals surface area (Å²) in [5.74, 6) is 1.04. The van der Waals surface area contributed by atoms with Gasteiger partial charge in [0.2, 0.25) is 0 Å². The smallest absolute Gasteiger partial charge is 0.122 e. The number of hydrogen-bond donors (Lipinski definition) is 1. The van der Waals surface area contributed by atoms with E-state index in [-0.39, 0.29) is 0 Å². The van der Waals surface area contributed by atoms with Crippen molar-refractivity contribution in [2.45, 2.75) is 46.0 Å². The van der Waals surface area contributed by atoms with Crippen molar-refractivity contribution < 1.29 is 0 Å². The number of aryl methyl sites for hydroxylation is 2. The standard InChI is InChI=1S/C10H17IN2/c1-3-4-5-6-7-9-10(11)13-8(2)12-9/h3-7H2,1-2H3,(H,12,13). The lowest BCUT2D eigenvalue weighted by atomic mass is 10.1. The molecular weight excluding hydrogens is 275 g/mol. The van der Waals surface area contributed by atoms with E-state index in [0.29, 0.717) is 0 Å². The first-order valence-corrected chi connectivity index (χ1v) is 6.03. The van der Waals surface area contributed by atoms with E-state index < -0.39 is 0 Å². The fourth-order valence-corrected chi connectivity index (χ4v) is 2.17. The second-order valence-corrected chi connectivity index (χ2v) is 4.42. The van der Waals surface area contributed by atoms with E-state index in [1.165, 1.54) is 31.4 Å². The number of nitrogens with one attached hydrogen (secondary N) is 1. The molecule has 1 aromatic heterocycles. The number of aromatic amines is 1. The molecule has 1 rings (SSSR count). The van der Waals surface area contributed by atoms with Gasteiger partial charge >= 0.3 is 0 Å². The van der Waals surface area contributed by atoms with Crippen LogP contribution in [0.15, 0.2) is 0 Å². The van der Waals surface area contributed by atoms with Crippen molar-refractivity contribution in [1.82, 2.24) is 9.97 Å². The molecule has 0 atom stereocenters. The summed E-state index contributed by atoms with van der Waals surface area (Å²) >= 11 is 2.30. The van der Waals surface area contributed by atoms with Crippen LogP contribution in [0.5, 0.6) is 0 Å². The topological polar surface area (TPSA) is 28.7 Å². The summed E-state index contributed by atoms with van der Waals surface area (Å²) in [5, 5.41) is 0. The van der Waals surface area contributed by atoms with Gasteiger partial charge in [0.1, 0.15) is 9.53 Å². The Balaban J connectivity index is 2.32. The maximum Gasteiger partial charge on any atom is 0.122 e. The van der Waals surface area contributed by atoms with E-state index in [1.54, 1.807) is 0 Å². The molecule has 0 saturated heterocycles. The normalized spacial score (nSPS) is 10.7. The third-order valence-electron chi connectivity index (χ3n) is 2.13. The Morgan fingerprint density at radius 3 is 2.62 bits per heavy atom. The van der Waals surface area contributed by atoms with Crippen molar-refractivity contribution in [3.63, 3.8) is 0 Å². The van der Waals surface area contributed by atoms with Crippen LogP contribution < -0.4 is 0 Å². The highest BCUT2D eigenvalue weighted by Crippen LogP contribution is 2.12. The van der Waals surface area contributed by atoms with Crippen LogP contribution in [0.25, 0.3) is 0 Å². The van der Waals surface area contributed by atoms with Gasteiger partial charge in [0.05, 0.1) is 0 Å². The molecule has 0 fully saturated rings. The van der Waals surface area contributed by atoms with Crippen LogP contribution in [0.1, 0.15) is 44.1 Å². The number of aromatic nitrogens is 2. The summed E-state index contributed by atoms with van der Waals surface area (Å²) in [7, 11) is 0. The third-order valence-corrected chi connectivity index (χ3v) is 3.02. The minimum absolute atomic E-state index is 1.04. The molecule has 0 spiro atoms. The molecule has 1 aromatic rings. The van der Waals surface area contributed by atoms with Crippen LogP contribution in [0.2, 0.25) is 0 Å². The average Bonchev–Trinajstić information content (AvgIpc) is 2.39. The maximum absolute atomic E-state index is 4.34. The highest BCUT2D eigenvalue weighted by atomic mass is 127. The van der Waals surface area contributed by atoms with Gasteiger partial charge in [0, 0.05) is 5.69 Å². The van der Waals surface area contributed by atoms with Gasteiger partial charge in [-0.05, 0) is 42.4 Å². The van der Waals surface area contributed by atoms with E-state index in [0.717, 1.165) is 15.9 Å². The molecule has 0 aliphatic heterocycles. The van der Waals surface area contributed by atoms with Crippen molar-refractivity contribution in [1.29, 1.82) is 0 Å². The molecule has 1 heterocycles. The lowest BCUT2D eigenvalue weighted by Gasteiger charge is -1.97. The number of nitrogens with zero attached hydrogens (tertiary/aromatic N) is 1. The van der Waals surface area contributed by atoms with E-state index in [4.69, 9.17) is 0 Å². The number of imidazole rings is 1. The summed E-state index contributed by atoms with van der Waals surface area (Å²) in [6, 6.07) is 0. The number of halogens is 1. The first-order valence-electron chi connectivity index (χ1n) is 4.95. The summed E-state index contributed by atoms with van der Waals surface area (Å²) in [4.78, 5) is 7.64. The average molecular weight is 292 g/mol. The van der Waals surface area contributed by atoms with Crippen LogP contribution in [0, 0.1) is 10.6 Å². The number of rotatable bonds is 5. The molecule has 0 aliphatic carbocycles. The highest BCUT2D eigenvalue weighted by molar-refractivity contribution is 14.1. The number of H-pyrrole nitrogens is 1. The Labute approximate surface area is 93.7 Å². The molecule has 0 saturated carbocycles. The number of hydrogen-bond acceptors (Lipinski definition) is 1. The minimum Gasteiger partial charge on any atom is -0.345 e. The Kier molecular flexibility index (Phi) is 4.77. The molecule has 74 valence electrons. The monoisotopic (exact) mass is 292 g/mol. The fourth-order valence-electron chi connectivity index (χ4n) is 1.41. The maximum atomic E-state index is 4.34. The fraction of sp³-hybridized carbons (Fsp3) is 0.700. The lowest BCUT2D eigenvalue weighted by Crippen LogP contribution is -1.88. The molecule has 0 amide bonds. The van der Waals surface area contributed by atoms with Crippen molar-refractivity contribution in [2.75, 3.05) is 0 Å². The van der Waals surface area contributed by atoms with Crippen LogP contribution >= 0.6 is 22.6 Å². The van der Waals surface area contributed by atoms with Crippen molar-refractivity contribution in [3.8, 4) is 0 Å². The zero-order valence-electron chi connectivity index (χ0n) is 8.36. The van der Waals surface area contributed by atoms with Gasteiger partial charge in [-0.25, -0.2) is 4.98 Å². The minimum atomic E-state index is 1.04. The highest BCUT2D eigenvalue weighted by Gasteiger charge is 2.03. The first kappa shape index (κ1) is 11.0. The number of unbranched alkanes of at least 4 members (excludes halogenated alkanes) is 3. The second-order valence-electron chi connectivity index (χ2n) is 3.40. The molecule has 0 radical (unpaired) electrons. The van der Waals surface area contributed by atoms with E-state index in [9.17, 15) is 0 Å². The van der Waals surface area contributed by atoms with Crippen molar-refractivity contribution in [3.05, 3.63) is 15.2 Å². The summed E-state index contributed by atoms with van der Waals surface area (Å²) in [5.41, 5.74) is 1.31. The Morgan fingerprint density at radius 1 is 1.31 bits per heavy atom. The lowest BCUT2D eigenvalue weighted by molar-refractivity contribution is 0.660. The molecule has 0 aromatic carbocycles. The van der Waals surface area contributed by atoms with Crippen molar-refractivity contribution >= 4 is 22.6 Å². The summed E-state index contributed by atoms with van der Waals surface area (Å²) in [6.45, 7) is 4.25. The van der Waals surface area contributed by atoms with Crippen LogP contribution in [0.3, 0.4) is 0 Å². The largest absolute Gasteiger partial charge is 0.345 e. The molecule has 0 aliphatic rings. The Hall–Kier alpha value is -0.0600. The van der Waals surface area contributed by atoms with Gasteiger partial charge in [0.25, 0.3) is 0 Å². The van der Waals surface area contributed by atoms with E-state index in [1.807, 2.05) is 6.92 Å². The van der Waals surface area contributed by atoms with E-state index >= 15 is 0 Å². The SMILES string of the molecule is CCCCCCc1[nH]c(C)nc1I. The zero-order valence-corrected chi connectivity index (χ0v) is 10.5. The van der Waals surface area contributed by atoms with Crippen molar-refractivity contribution in [2.24, 2.45) is 0 Å². The third kappa shape index (κ3) is 3.67. The second kappa shape index (κ2) is 5.62. The molecule has 2 nitrogen and oxygen atoms in total. The Morgan fingerprint density at radius 2 is 2.08 bits per heavy atom. The quantitative estimate of drug-likeness (QED) is 0.653. The molecule has 1 N–H and O–H groups in total. The molecule has 13 heavy (non-hydrogen) atoms. The molecule has 0 bridgehead atoms. The summed E-state index contributed by atoms with van der Waals surface area (Å²) < 4.78 is 1.14. The van der Waals surface area contributed by atoms with Crippen LogP contribution in [-0.4, -0.2) is 9.97 Å². The predicted octanol–water partition coefficient (Wildman–Crippen LogP) is 3.45.